The highest BCUT2D eigenvalue weighted by molar-refractivity contribution is 5.94. The first-order valence-electron chi connectivity index (χ1n) is 9.31. The molecule has 2 fully saturated rings. The fourth-order valence-electron chi connectivity index (χ4n) is 4.70. The molecule has 25 heavy (non-hydrogen) atoms. The monoisotopic (exact) mass is 346 g/mol. The van der Waals surface area contributed by atoms with E-state index in [0.29, 0.717) is 18.7 Å². The van der Waals surface area contributed by atoms with Crippen molar-refractivity contribution in [3.8, 4) is 0 Å². The van der Waals surface area contributed by atoms with Crippen LogP contribution in [0.5, 0.6) is 0 Å². The third-order valence-corrected chi connectivity index (χ3v) is 5.88. The van der Waals surface area contributed by atoms with Gasteiger partial charge in [0.05, 0.1) is 6.04 Å². The van der Waals surface area contributed by atoms with Gasteiger partial charge in [-0.3, -0.25) is 9.59 Å². The number of likely N-dealkylation sites (tertiary alicyclic amines) is 1. The van der Waals surface area contributed by atoms with Gasteiger partial charge in [-0.05, 0) is 50.5 Å². The Morgan fingerprint density at radius 2 is 1.84 bits per heavy atom. The Labute approximate surface area is 149 Å². The van der Waals surface area contributed by atoms with Crippen LogP contribution in [0.25, 0.3) is 0 Å². The van der Waals surface area contributed by atoms with E-state index in [4.69, 9.17) is 0 Å². The van der Waals surface area contributed by atoms with Crippen LogP contribution >= 0.6 is 0 Å². The summed E-state index contributed by atoms with van der Waals surface area (Å²) in [6, 6.07) is 5.74. The summed E-state index contributed by atoms with van der Waals surface area (Å²) in [5.74, 6) is -0.317. The van der Waals surface area contributed by atoms with Crippen LogP contribution in [0.15, 0.2) is 24.3 Å². The number of carbonyl (C=O) groups is 2. The van der Waals surface area contributed by atoms with Crippen molar-refractivity contribution in [1.82, 2.24) is 9.80 Å². The normalized spacial score (nSPS) is 22.2. The Kier molecular flexibility index (Phi) is 5.11. The molecule has 136 valence electrons. The Balaban J connectivity index is 1.82. The standard InChI is InChI=1S/C20H27FN2O2/c1-3-22(19(25)16-7-9-17(21)10-8-16)18-13-20(11-5-4-6-12-20)23(14-18)15(2)24/h7-10,18H,3-6,11-14H2,1-2H3. The van der Waals surface area contributed by atoms with Crippen molar-refractivity contribution < 1.29 is 14.0 Å². The van der Waals surface area contributed by atoms with Gasteiger partial charge in [0.25, 0.3) is 5.91 Å². The quantitative estimate of drug-likeness (QED) is 0.839. The lowest BCUT2D eigenvalue weighted by Gasteiger charge is -2.41. The molecule has 1 heterocycles. The Morgan fingerprint density at radius 3 is 2.40 bits per heavy atom. The highest BCUT2D eigenvalue weighted by atomic mass is 19.1. The predicted octanol–water partition coefficient (Wildman–Crippen LogP) is 3.61. The fourth-order valence-corrected chi connectivity index (χ4v) is 4.70. The molecule has 0 aromatic heterocycles. The second-order valence-electron chi connectivity index (χ2n) is 7.37. The Bertz CT molecular complexity index is 638. The average molecular weight is 346 g/mol. The van der Waals surface area contributed by atoms with Crippen LogP contribution in [0.2, 0.25) is 0 Å². The van der Waals surface area contributed by atoms with Gasteiger partial charge in [-0.1, -0.05) is 19.3 Å². The number of likely N-dealkylation sites (N-methyl/N-ethyl adjacent to an activating group) is 1. The molecule has 1 unspecified atom stereocenters. The molecule has 4 nitrogen and oxygen atoms in total. The predicted molar refractivity (Wildman–Crippen MR) is 94.7 cm³/mol. The van der Waals surface area contributed by atoms with Crippen LogP contribution in [0.4, 0.5) is 4.39 Å². The van der Waals surface area contributed by atoms with Gasteiger partial charge in [0.2, 0.25) is 5.91 Å². The largest absolute Gasteiger partial charge is 0.335 e. The molecule has 1 aromatic rings. The minimum atomic E-state index is -0.343. The fraction of sp³-hybridized carbons (Fsp3) is 0.600. The zero-order valence-electron chi connectivity index (χ0n) is 15.1. The van der Waals surface area contributed by atoms with Gasteiger partial charge in [-0.25, -0.2) is 4.39 Å². The minimum Gasteiger partial charge on any atom is -0.335 e. The van der Waals surface area contributed by atoms with E-state index in [-0.39, 0.29) is 29.2 Å². The maximum atomic E-state index is 13.1. The molecule has 1 spiro atoms. The first-order chi connectivity index (χ1) is 12.0. The SMILES string of the molecule is CCN(C(=O)c1ccc(F)cc1)C1CN(C(C)=O)C2(CCCCC2)C1. The highest BCUT2D eigenvalue weighted by Crippen LogP contribution is 2.43. The number of amides is 2. The number of halogens is 1. The van der Waals surface area contributed by atoms with Gasteiger partial charge in [-0.2, -0.15) is 0 Å². The maximum Gasteiger partial charge on any atom is 0.254 e. The number of hydrogen-bond donors (Lipinski definition) is 0. The van der Waals surface area contributed by atoms with Gasteiger partial charge < -0.3 is 9.80 Å². The lowest BCUT2D eigenvalue weighted by molar-refractivity contribution is -0.134. The molecular weight excluding hydrogens is 319 g/mol. The lowest BCUT2D eigenvalue weighted by Crippen LogP contribution is -2.47. The first-order valence-corrected chi connectivity index (χ1v) is 9.31. The summed E-state index contributed by atoms with van der Waals surface area (Å²) in [7, 11) is 0. The topological polar surface area (TPSA) is 40.6 Å². The van der Waals surface area contributed by atoms with Crippen molar-refractivity contribution in [2.45, 2.75) is 64.0 Å². The van der Waals surface area contributed by atoms with Crippen LogP contribution in [0.1, 0.15) is 62.7 Å². The molecule has 1 aliphatic heterocycles. The van der Waals surface area contributed by atoms with Crippen LogP contribution in [-0.2, 0) is 4.79 Å². The minimum absolute atomic E-state index is 0.0320. The zero-order valence-corrected chi connectivity index (χ0v) is 15.1. The van der Waals surface area contributed by atoms with Crippen molar-refractivity contribution in [2.24, 2.45) is 0 Å². The first kappa shape index (κ1) is 17.9. The molecule has 0 N–H and O–H groups in total. The van der Waals surface area contributed by atoms with E-state index in [1.165, 1.54) is 30.7 Å². The van der Waals surface area contributed by atoms with Crippen LogP contribution < -0.4 is 0 Å². The molecule has 2 aliphatic rings. The van der Waals surface area contributed by atoms with Crippen LogP contribution in [0.3, 0.4) is 0 Å². The molecule has 5 heteroatoms. The van der Waals surface area contributed by atoms with E-state index >= 15 is 0 Å². The van der Waals surface area contributed by atoms with E-state index < -0.39 is 0 Å². The molecule has 1 atom stereocenters. The van der Waals surface area contributed by atoms with E-state index in [0.717, 1.165) is 32.1 Å². The van der Waals surface area contributed by atoms with Crippen LogP contribution in [-0.4, -0.2) is 46.3 Å². The molecule has 1 aliphatic carbocycles. The highest BCUT2D eigenvalue weighted by Gasteiger charge is 2.49. The molecule has 3 rings (SSSR count). The van der Waals surface area contributed by atoms with E-state index in [1.54, 1.807) is 6.92 Å². The van der Waals surface area contributed by atoms with Gasteiger partial charge in [0, 0.05) is 31.1 Å². The van der Waals surface area contributed by atoms with Crippen LogP contribution in [0, 0.1) is 5.82 Å². The van der Waals surface area contributed by atoms with E-state index in [9.17, 15) is 14.0 Å². The molecule has 1 aromatic carbocycles. The third kappa shape index (κ3) is 3.42. The van der Waals surface area contributed by atoms with Gasteiger partial charge in [0.15, 0.2) is 0 Å². The van der Waals surface area contributed by atoms with Gasteiger partial charge in [-0.15, -0.1) is 0 Å². The molecule has 0 radical (unpaired) electrons. The molecule has 2 amide bonds. The van der Waals surface area contributed by atoms with Crippen molar-refractivity contribution in [2.75, 3.05) is 13.1 Å². The Hall–Kier alpha value is -1.91. The summed E-state index contributed by atoms with van der Waals surface area (Å²) in [4.78, 5) is 29.0. The van der Waals surface area contributed by atoms with Gasteiger partial charge >= 0.3 is 0 Å². The zero-order chi connectivity index (χ0) is 18.0. The molecular formula is C20H27FN2O2. The average Bonchev–Trinajstić information content (AvgIpc) is 2.95. The number of nitrogens with zero attached hydrogens (tertiary/aromatic N) is 2. The van der Waals surface area contributed by atoms with Gasteiger partial charge in [0.1, 0.15) is 5.82 Å². The second kappa shape index (κ2) is 7.14. The van der Waals surface area contributed by atoms with E-state index in [1.807, 2.05) is 16.7 Å². The number of rotatable bonds is 3. The summed E-state index contributed by atoms with van der Waals surface area (Å²) in [6.07, 6.45) is 6.44. The number of carbonyl (C=O) groups excluding carboxylic acids is 2. The lowest BCUT2D eigenvalue weighted by atomic mass is 9.79. The smallest absolute Gasteiger partial charge is 0.254 e. The van der Waals surface area contributed by atoms with Crippen molar-refractivity contribution in [3.63, 3.8) is 0 Å². The van der Waals surface area contributed by atoms with Crippen molar-refractivity contribution in [3.05, 3.63) is 35.6 Å². The summed E-state index contributed by atoms with van der Waals surface area (Å²) in [6.45, 7) is 4.79. The third-order valence-electron chi connectivity index (χ3n) is 5.88. The summed E-state index contributed by atoms with van der Waals surface area (Å²) >= 11 is 0. The molecule has 1 saturated carbocycles. The van der Waals surface area contributed by atoms with E-state index in [2.05, 4.69) is 0 Å². The molecule has 1 saturated heterocycles. The second-order valence-corrected chi connectivity index (χ2v) is 7.37. The number of hydrogen-bond acceptors (Lipinski definition) is 2. The van der Waals surface area contributed by atoms with Crippen molar-refractivity contribution >= 4 is 11.8 Å². The van der Waals surface area contributed by atoms with Crippen molar-refractivity contribution in [1.29, 1.82) is 0 Å². The maximum absolute atomic E-state index is 13.1. The summed E-state index contributed by atoms with van der Waals surface area (Å²) in [5, 5.41) is 0. The summed E-state index contributed by atoms with van der Waals surface area (Å²) in [5.41, 5.74) is 0.424. The number of benzene rings is 1. The summed E-state index contributed by atoms with van der Waals surface area (Å²) < 4.78 is 13.1. The molecule has 0 bridgehead atoms. The Morgan fingerprint density at radius 1 is 1.20 bits per heavy atom.